The molecule has 2 amide bonds. The summed E-state index contributed by atoms with van der Waals surface area (Å²) in [5.41, 5.74) is 1.10. The van der Waals surface area contributed by atoms with Gasteiger partial charge in [-0.25, -0.2) is 9.37 Å². The molecule has 0 aliphatic carbocycles. The number of amides is 2. The van der Waals surface area contributed by atoms with Gasteiger partial charge in [-0.1, -0.05) is 0 Å². The first-order valence-electron chi connectivity index (χ1n) is 11.1. The van der Waals surface area contributed by atoms with Crippen LogP contribution >= 0.6 is 0 Å². The molecular weight excluding hydrogens is 455 g/mol. The van der Waals surface area contributed by atoms with Gasteiger partial charge in [0.15, 0.2) is 17.4 Å². The molecule has 2 N–H and O–H groups in total. The van der Waals surface area contributed by atoms with Gasteiger partial charge in [-0.15, -0.1) is 0 Å². The molecule has 1 unspecified atom stereocenters. The van der Waals surface area contributed by atoms with Gasteiger partial charge < -0.3 is 24.8 Å². The summed E-state index contributed by atoms with van der Waals surface area (Å²) >= 11 is 0. The van der Waals surface area contributed by atoms with Crippen LogP contribution in [0, 0.1) is 12.7 Å². The van der Waals surface area contributed by atoms with Crippen molar-refractivity contribution in [3.8, 4) is 17.2 Å². The zero-order valence-corrected chi connectivity index (χ0v) is 19.3. The second kappa shape index (κ2) is 10.5. The number of likely N-dealkylation sites (tertiary alicyclic amines) is 1. The van der Waals surface area contributed by atoms with Gasteiger partial charge >= 0.3 is 0 Å². The fourth-order valence-corrected chi connectivity index (χ4v) is 3.25. The predicted octanol–water partition coefficient (Wildman–Crippen LogP) is 3.57. The van der Waals surface area contributed by atoms with E-state index in [0.29, 0.717) is 18.8 Å². The highest BCUT2D eigenvalue weighted by Crippen LogP contribution is 2.30. The number of aryl methyl sites for hydroxylation is 1. The maximum absolute atomic E-state index is 14.8. The van der Waals surface area contributed by atoms with Crippen molar-refractivity contribution in [2.45, 2.75) is 26.4 Å². The molecule has 3 aromatic rings. The zero-order chi connectivity index (χ0) is 24.9. The Bertz CT molecular complexity index is 1230. The molecule has 0 spiro atoms. The first-order chi connectivity index (χ1) is 16.8. The molecule has 4 rings (SSSR count). The molecule has 1 aliphatic heterocycles. The Morgan fingerprint density at radius 2 is 1.89 bits per heavy atom. The van der Waals surface area contributed by atoms with E-state index in [9.17, 15) is 19.1 Å². The fourth-order valence-electron chi connectivity index (χ4n) is 3.25. The van der Waals surface area contributed by atoms with E-state index < -0.39 is 17.8 Å². The first kappa shape index (κ1) is 24.1. The average molecular weight is 480 g/mol. The van der Waals surface area contributed by atoms with Crippen LogP contribution in [0.25, 0.3) is 0 Å². The SMILES string of the molecule is Cc1cnc(NC(=O)c2cc(OCC(C)O)cc(Oc3ccc(C(=O)N4CCC4)cc3F)c2)cn1. The third-order valence-electron chi connectivity index (χ3n) is 5.21. The Hall–Kier alpha value is -4.05. The maximum Gasteiger partial charge on any atom is 0.257 e. The Morgan fingerprint density at radius 3 is 2.51 bits per heavy atom. The van der Waals surface area contributed by atoms with Crippen LogP contribution in [0.1, 0.15) is 39.8 Å². The smallest absolute Gasteiger partial charge is 0.257 e. The van der Waals surface area contributed by atoms with E-state index in [1.807, 2.05) is 0 Å². The number of ether oxygens (including phenoxy) is 2. The summed E-state index contributed by atoms with van der Waals surface area (Å²) in [6.45, 7) is 4.64. The zero-order valence-electron chi connectivity index (χ0n) is 19.3. The second-order valence-electron chi connectivity index (χ2n) is 8.24. The first-order valence-corrected chi connectivity index (χ1v) is 11.1. The number of carbonyl (C=O) groups excluding carboxylic acids is 2. The fraction of sp³-hybridized carbons (Fsp3) is 0.280. The van der Waals surface area contributed by atoms with Crippen LogP contribution in [0.4, 0.5) is 10.2 Å². The Morgan fingerprint density at radius 1 is 1.11 bits per heavy atom. The van der Waals surface area contributed by atoms with Crippen molar-refractivity contribution in [2.24, 2.45) is 0 Å². The molecule has 1 aliphatic rings. The standard InChI is InChI=1S/C25H25FN4O5/c1-15-12-28-23(13-27-15)29-24(32)18-8-19(34-14-16(2)31)11-20(9-18)35-22-5-4-17(10-21(22)26)25(33)30-6-3-7-30/h4-5,8-13,16,31H,3,6-7,14H2,1-2H3,(H,28,29,32). The monoisotopic (exact) mass is 480 g/mol. The van der Waals surface area contributed by atoms with Gasteiger partial charge in [0.1, 0.15) is 18.1 Å². The number of aliphatic hydroxyl groups excluding tert-OH is 1. The number of halogens is 1. The predicted molar refractivity (Wildman–Crippen MR) is 125 cm³/mol. The minimum atomic E-state index is -0.742. The molecule has 1 atom stereocenters. The summed E-state index contributed by atoms with van der Waals surface area (Å²) in [7, 11) is 0. The number of aromatic nitrogens is 2. The van der Waals surface area contributed by atoms with Gasteiger partial charge in [-0.2, -0.15) is 0 Å². The number of hydrogen-bond donors (Lipinski definition) is 2. The summed E-state index contributed by atoms with van der Waals surface area (Å²) in [6, 6.07) is 8.36. The molecule has 1 aromatic heterocycles. The van der Waals surface area contributed by atoms with Gasteiger partial charge in [0.05, 0.1) is 24.2 Å². The van der Waals surface area contributed by atoms with E-state index >= 15 is 0 Å². The molecular formula is C25H25FN4O5. The molecule has 1 fully saturated rings. The lowest BCUT2D eigenvalue weighted by molar-refractivity contribution is 0.0651. The molecule has 2 heterocycles. The van der Waals surface area contributed by atoms with E-state index in [4.69, 9.17) is 9.47 Å². The molecule has 1 saturated heterocycles. The van der Waals surface area contributed by atoms with E-state index in [1.54, 1.807) is 18.7 Å². The molecule has 0 radical (unpaired) electrons. The number of benzene rings is 2. The number of nitrogens with one attached hydrogen (secondary N) is 1. The second-order valence-corrected chi connectivity index (χ2v) is 8.24. The van der Waals surface area contributed by atoms with Crippen LogP contribution in [-0.4, -0.2) is 57.6 Å². The van der Waals surface area contributed by atoms with Crippen LogP contribution in [0.2, 0.25) is 0 Å². The van der Waals surface area contributed by atoms with Crippen LogP contribution < -0.4 is 14.8 Å². The highest BCUT2D eigenvalue weighted by Gasteiger charge is 2.23. The van der Waals surface area contributed by atoms with Crippen molar-refractivity contribution < 1.29 is 28.6 Å². The van der Waals surface area contributed by atoms with Gasteiger partial charge in [-0.3, -0.25) is 14.6 Å². The van der Waals surface area contributed by atoms with Gasteiger partial charge in [0.25, 0.3) is 11.8 Å². The van der Waals surface area contributed by atoms with E-state index in [0.717, 1.165) is 12.5 Å². The quantitative estimate of drug-likeness (QED) is 0.507. The topological polar surface area (TPSA) is 114 Å². The number of anilines is 1. The van der Waals surface area contributed by atoms with E-state index in [1.165, 1.54) is 42.7 Å². The maximum atomic E-state index is 14.8. The summed E-state index contributed by atoms with van der Waals surface area (Å²) < 4.78 is 26.0. The molecule has 10 heteroatoms. The van der Waals surface area contributed by atoms with Crippen molar-refractivity contribution in [1.82, 2.24) is 14.9 Å². The molecule has 182 valence electrons. The highest BCUT2D eigenvalue weighted by atomic mass is 19.1. The van der Waals surface area contributed by atoms with Gasteiger partial charge in [0, 0.05) is 30.3 Å². The lowest BCUT2D eigenvalue weighted by Gasteiger charge is -2.30. The largest absolute Gasteiger partial charge is 0.491 e. The minimum Gasteiger partial charge on any atom is -0.491 e. The van der Waals surface area contributed by atoms with E-state index in [-0.39, 0.29) is 46.7 Å². The molecule has 35 heavy (non-hydrogen) atoms. The van der Waals surface area contributed by atoms with Crippen LogP contribution in [0.3, 0.4) is 0 Å². The lowest BCUT2D eigenvalue weighted by atomic mass is 10.1. The highest BCUT2D eigenvalue weighted by molar-refractivity contribution is 6.04. The number of aliphatic hydroxyl groups is 1. The third kappa shape index (κ3) is 6.10. The summed E-state index contributed by atoms with van der Waals surface area (Å²) in [6.07, 6.45) is 3.14. The molecule has 9 nitrogen and oxygen atoms in total. The van der Waals surface area contributed by atoms with Crippen LogP contribution in [-0.2, 0) is 0 Å². The summed E-state index contributed by atoms with van der Waals surface area (Å²) in [5, 5.41) is 12.2. The third-order valence-corrected chi connectivity index (χ3v) is 5.21. The minimum absolute atomic E-state index is 0.0182. The summed E-state index contributed by atoms with van der Waals surface area (Å²) in [5.74, 6) is -0.935. The van der Waals surface area contributed by atoms with Crippen LogP contribution in [0.5, 0.6) is 17.2 Å². The summed E-state index contributed by atoms with van der Waals surface area (Å²) in [4.78, 5) is 35.0. The Labute approximate surface area is 201 Å². The Kier molecular flexibility index (Phi) is 7.21. The van der Waals surface area contributed by atoms with Gasteiger partial charge in [0.2, 0.25) is 0 Å². The van der Waals surface area contributed by atoms with Crippen molar-refractivity contribution in [2.75, 3.05) is 25.0 Å². The number of nitrogens with zero attached hydrogens (tertiary/aromatic N) is 3. The molecule has 0 bridgehead atoms. The van der Waals surface area contributed by atoms with Gasteiger partial charge in [-0.05, 0) is 50.6 Å². The normalized spacial score (nSPS) is 13.5. The number of hydrogen-bond acceptors (Lipinski definition) is 7. The average Bonchev–Trinajstić information content (AvgIpc) is 2.79. The van der Waals surface area contributed by atoms with E-state index in [2.05, 4.69) is 15.3 Å². The molecule has 0 saturated carbocycles. The molecule has 2 aromatic carbocycles. The number of rotatable bonds is 8. The Balaban J connectivity index is 1.57. The lowest BCUT2D eigenvalue weighted by Crippen LogP contribution is -2.42. The van der Waals surface area contributed by atoms with Crippen molar-refractivity contribution >= 4 is 17.6 Å². The van der Waals surface area contributed by atoms with Crippen molar-refractivity contribution in [3.05, 3.63) is 71.4 Å². The van der Waals surface area contributed by atoms with Crippen LogP contribution in [0.15, 0.2) is 48.8 Å². The van der Waals surface area contributed by atoms with Crippen molar-refractivity contribution in [3.63, 3.8) is 0 Å². The number of carbonyl (C=O) groups is 2. The van der Waals surface area contributed by atoms with Crippen molar-refractivity contribution in [1.29, 1.82) is 0 Å².